The number of nitrogens with one attached hydrogen (secondary N) is 2. The molecule has 0 aromatic heterocycles. The fraction of sp³-hybridized carbons (Fsp3) is 0.562. The minimum Gasteiger partial charge on any atom is -0.435 e. The third kappa shape index (κ3) is 4.80. The number of hydrogen-bond acceptors (Lipinski definition) is 2. The highest BCUT2D eigenvalue weighted by molar-refractivity contribution is 7.80. The van der Waals surface area contributed by atoms with Crippen LogP contribution in [-0.2, 0) is 0 Å². The second-order valence-electron chi connectivity index (χ2n) is 5.88. The van der Waals surface area contributed by atoms with Crippen molar-refractivity contribution >= 4 is 23.0 Å². The average Bonchev–Trinajstić information content (AvgIpc) is 2.45. The zero-order valence-corrected chi connectivity index (χ0v) is 13.6. The Morgan fingerprint density at radius 2 is 1.91 bits per heavy atom. The van der Waals surface area contributed by atoms with Gasteiger partial charge in [0.25, 0.3) is 0 Å². The van der Waals surface area contributed by atoms with E-state index in [1.165, 1.54) is 25.0 Å². The number of benzene rings is 1. The van der Waals surface area contributed by atoms with Crippen LogP contribution in [-0.4, -0.2) is 17.8 Å². The molecule has 3 nitrogen and oxygen atoms in total. The van der Waals surface area contributed by atoms with Crippen LogP contribution < -0.4 is 15.4 Å². The fourth-order valence-electron chi connectivity index (χ4n) is 2.84. The zero-order chi connectivity index (χ0) is 16.1. The van der Waals surface area contributed by atoms with Gasteiger partial charge in [-0.15, -0.1) is 0 Å². The van der Waals surface area contributed by atoms with Crippen molar-refractivity contribution in [2.24, 2.45) is 11.8 Å². The number of halogens is 2. The summed E-state index contributed by atoms with van der Waals surface area (Å²) in [5.41, 5.74) is 0.746. The maximum atomic E-state index is 12.1. The predicted molar refractivity (Wildman–Crippen MR) is 88.4 cm³/mol. The first-order chi connectivity index (χ1) is 10.5. The molecule has 0 amide bonds. The maximum absolute atomic E-state index is 12.1. The highest BCUT2D eigenvalue weighted by atomic mass is 32.1. The van der Waals surface area contributed by atoms with Gasteiger partial charge in [-0.25, -0.2) is 0 Å². The van der Waals surface area contributed by atoms with E-state index in [1.807, 2.05) is 0 Å². The van der Waals surface area contributed by atoms with Crippen molar-refractivity contribution in [3.8, 4) is 5.75 Å². The van der Waals surface area contributed by atoms with Gasteiger partial charge in [-0.2, -0.15) is 8.78 Å². The Kier molecular flexibility index (Phi) is 5.94. The molecule has 22 heavy (non-hydrogen) atoms. The van der Waals surface area contributed by atoms with Gasteiger partial charge >= 0.3 is 6.61 Å². The van der Waals surface area contributed by atoms with Gasteiger partial charge in [0, 0.05) is 11.7 Å². The Hall–Kier alpha value is -1.43. The quantitative estimate of drug-likeness (QED) is 0.803. The standard InChI is InChI=1S/C16H22F2N2OS/c1-10-4-3-5-14(11(10)2)20-16(22)19-12-6-8-13(9-7-12)21-15(17)18/h6-11,14-15H,3-5H2,1-2H3,(H2,19,20,22)/t10-,11-,14-/m1/s1. The summed E-state index contributed by atoms with van der Waals surface area (Å²) in [6.45, 7) is 1.72. The largest absolute Gasteiger partial charge is 0.435 e. The van der Waals surface area contributed by atoms with E-state index in [1.54, 1.807) is 12.1 Å². The Morgan fingerprint density at radius 3 is 2.55 bits per heavy atom. The van der Waals surface area contributed by atoms with Gasteiger partial charge in [-0.1, -0.05) is 26.7 Å². The molecule has 1 aromatic carbocycles. The van der Waals surface area contributed by atoms with Crippen LogP contribution in [0.3, 0.4) is 0 Å². The number of thiocarbonyl (C=S) groups is 1. The van der Waals surface area contributed by atoms with Gasteiger partial charge in [-0.05, 0) is 54.7 Å². The van der Waals surface area contributed by atoms with Crippen LogP contribution in [0.2, 0.25) is 0 Å². The van der Waals surface area contributed by atoms with Gasteiger partial charge in [0.15, 0.2) is 5.11 Å². The monoisotopic (exact) mass is 328 g/mol. The van der Waals surface area contributed by atoms with Crippen molar-refractivity contribution in [1.82, 2.24) is 5.32 Å². The molecule has 1 fully saturated rings. The molecule has 1 aliphatic carbocycles. The van der Waals surface area contributed by atoms with Crippen molar-refractivity contribution in [3.63, 3.8) is 0 Å². The third-order valence-corrected chi connectivity index (χ3v) is 4.58. The summed E-state index contributed by atoms with van der Waals surface area (Å²) in [6.07, 6.45) is 3.60. The van der Waals surface area contributed by atoms with Gasteiger partial charge in [-0.3, -0.25) is 0 Å². The molecule has 0 aliphatic heterocycles. The van der Waals surface area contributed by atoms with Crippen molar-refractivity contribution in [1.29, 1.82) is 0 Å². The zero-order valence-electron chi connectivity index (χ0n) is 12.8. The van der Waals surface area contributed by atoms with Crippen molar-refractivity contribution in [3.05, 3.63) is 24.3 Å². The van der Waals surface area contributed by atoms with Crippen LogP contribution in [0.1, 0.15) is 33.1 Å². The molecule has 1 aliphatic rings. The number of hydrogen-bond donors (Lipinski definition) is 2. The van der Waals surface area contributed by atoms with Gasteiger partial charge in [0.2, 0.25) is 0 Å². The van der Waals surface area contributed by atoms with Crippen molar-refractivity contribution in [2.75, 3.05) is 5.32 Å². The fourth-order valence-corrected chi connectivity index (χ4v) is 3.11. The molecule has 0 heterocycles. The maximum Gasteiger partial charge on any atom is 0.387 e. The average molecular weight is 328 g/mol. The minimum absolute atomic E-state index is 0.133. The Bertz CT molecular complexity index is 495. The second-order valence-corrected chi connectivity index (χ2v) is 6.28. The molecule has 2 rings (SSSR count). The topological polar surface area (TPSA) is 33.3 Å². The molecule has 0 radical (unpaired) electrons. The summed E-state index contributed by atoms with van der Waals surface area (Å²) in [7, 11) is 0. The van der Waals surface area contributed by atoms with E-state index in [0.717, 1.165) is 12.1 Å². The van der Waals surface area contributed by atoms with E-state index in [2.05, 4.69) is 29.2 Å². The first-order valence-electron chi connectivity index (χ1n) is 7.58. The van der Waals surface area contributed by atoms with E-state index < -0.39 is 6.61 Å². The molecular formula is C16H22F2N2OS. The number of rotatable bonds is 4. The van der Waals surface area contributed by atoms with Gasteiger partial charge < -0.3 is 15.4 Å². The molecule has 1 aromatic rings. The number of ether oxygens (including phenoxy) is 1. The van der Waals surface area contributed by atoms with Crippen LogP contribution in [0.15, 0.2) is 24.3 Å². The lowest BCUT2D eigenvalue weighted by Gasteiger charge is -2.35. The molecule has 0 bridgehead atoms. The van der Waals surface area contributed by atoms with Crippen LogP contribution in [0.4, 0.5) is 14.5 Å². The van der Waals surface area contributed by atoms with Crippen LogP contribution >= 0.6 is 12.2 Å². The highest BCUT2D eigenvalue weighted by Gasteiger charge is 2.27. The normalized spacial score (nSPS) is 24.9. The van der Waals surface area contributed by atoms with Crippen LogP contribution in [0.5, 0.6) is 5.75 Å². The summed E-state index contributed by atoms with van der Waals surface area (Å²) < 4.78 is 28.5. The summed E-state index contributed by atoms with van der Waals surface area (Å²) in [5.74, 6) is 1.41. The Balaban J connectivity index is 1.86. The lowest BCUT2D eigenvalue weighted by atomic mass is 9.78. The van der Waals surface area contributed by atoms with E-state index in [-0.39, 0.29) is 5.75 Å². The lowest BCUT2D eigenvalue weighted by Crippen LogP contribution is -2.45. The van der Waals surface area contributed by atoms with E-state index >= 15 is 0 Å². The van der Waals surface area contributed by atoms with Crippen molar-refractivity contribution in [2.45, 2.75) is 45.8 Å². The smallest absolute Gasteiger partial charge is 0.387 e. The van der Waals surface area contributed by atoms with Gasteiger partial charge in [0.05, 0.1) is 0 Å². The predicted octanol–water partition coefficient (Wildman–Crippen LogP) is 4.40. The molecule has 1 saturated carbocycles. The highest BCUT2D eigenvalue weighted by Crippen LogP contribution is 2.29. The third-order valence-electron chi connectivity index (χ3n) is 4.36. The molecule has 0 unspecified atom stereocenters. The van der Waals surface area contributed by atoms with Crippen molar-refractivity contribution < 1.29 is 13.5 Å². The summed E-state index contributed by atoms with van der Waals surface area (Å²) in [4.78, 5) is 0. The molecule has 2 N–H and O–H groups in total. The summed E-state index contributed by atoms with van der Waals surface area (Å²) >= 11 is 5.34. The summed E-state index contributed by atoms with van der Waals surface area (Å²) in [6, 6.07) is 6.69. The van der Waals surface area contributed by atoms with Crippen LogP contribution in [0, 0.1) is 11.8 Å². The van der Waals surface area contributed by atoms with E-state index in [0.29, 0.717) is 23.0 Å². The number of anilines is 1. The van der Waals surface area contributed by atoms with E-state index in [4.69, 9.17) is 12.2 Å². The Labute approximate surface area is 135 Å². The summed E-state index contributed by atoms with van der Waals surface area (Å²) in [5, 5.41) is 7.01. The molecule has 0 spiro atoms. The van der Waals surface area contributed by atoms with Gasteiger partial charge in [0.1, 0.15) is 5.75 Å². The van der Waals surface area contributed by atoms with E-state index in [9.17, 15) is 8.78 Å². The minimum atomic E-state index is -2.81. The SMILES string of the molecule is C[C@@H]1[C@H](C)CCC[C@H]1NC(=S)Nc1ccc(OC(F)F)cc1. The van der Waals surface area contributed by atoms with Crippen LogP contribution in [0.25, 0.3) is 0 Å². The molecule has 122 valence electrons. The first kappa shape index (κ1) is 16.9. The first-order valence-corrected chi connectivity index (χ1v) is 7.99. The number of alkyl halides is 2. The molecule has 0 saturated heterocycles. The second kappa shape index (κ2) is 7.72. The Morgan fingerprint density at radius 1 is 1.23 bits per heavy atom. The molecular weight excluding hydrogens is 306 g/mol. The lowest BCUT2D eigenvalue weighted by molar-refractivity contribution is -0.0498. The molecule has 6 heteroatoms. The molecule has 3 atom stereocenters.